The Kier molecular flexibility index (Phi) is 6.33. The molecule has 120 valence electrons. The number of esters is 1. The second-order valence-electron chi connectivity index (χ2n) is 5.93. The molecule has 0 aromatic carbocycles. The molecule has 1 heterocycles. The molecule has 0 unspecified atom stereocenters. The van der Waals surface area contributed by atoms with Gasteiger partial charge in [-0.15, -0.1) is 0 Å². The molecule has 6 heteroatoms. The van der Waals surface area contributed by atoms with E-state index in [0.717, 1.165) is 12.8 Å². The minimum atomic E-state index is -1.12. The van der Waals surface area contributed by atoms with Crippen molar-refractivity contribution in [3.63, 3.8) is 0 Å². The first-order valence-electron chi connectivity index (χ1n) is 7.47. The second-order valence-corrected chi connectivity index (χ2v) is 5.93. The van der Waals surface area contributed by atoms with Crippen LogP contribution in [0.1, 0.15) is 33.6 Å². The topological polar surface area (TPSA) is 75.7 Å². The van der Waals surface area contributed by atoms with E-state index in [1.54, 1.807) is 27.8 Å². The normalized spacial score (nSPS) is 17.3. The number of carbonyl (C=O) groups is 3. The zero-order valence-electron chi connectivity index (χ0n) is 13.4. The van der Waals surface area contributed by atoms with Gasteiger partial charge in [-0.2, -0.15) is 0 Å². The third-order valence-corrected chi connectivity index (χ3v) is 4.05. The van der Waals surface area contributed by atoms with Crippen molar-refractivity contribution in [3.05, 3.63) is 0 Å². The fourth-order valence-electron chi connectivity index (χ4n) is 2.38. The van der Waals surface area contributed by atoms with Crippen LogP contribution in [0.3, 0.4) is 0 Å². The van der Waals surface area contributed by atoms with E-state index in [1.807, 2.05) is 4.90 Å². The molecule has 1 aliphatic rings. The maximum atomic E-state index is 12.3. The summed E-state index contributed by atoms with van der Waals surface area (Å²) in [6, 6.07) is 0. The summed E-state index contributed by atoms with van der Waals surface area (Å²) in [7, 11) is 1.64. The van der Waals surface area contributed by atoms with Gasteiger partial charge in [-0.3, -0.25) is 19.3 Å². The number of amides is 1. The summed E-state index contributed by atoms with van der Waals surface area (Å²) in [5, 5.41) is 2.66. The van der Waals surface area contributed by atoms with Gasteiger partial charge in [-0.1, -0.05) is 0 Å². The molecule has 1 aliphatic heterocycles. The van der Waals surface area contributed by atoms with Crippen LogP contribution in [-0.4, -0.2) is 55.8 Å². The standard InChI is InChI=1S/C15H26N2O4/c1-5-21-14(20)15(2,3)12(18)10-17-8-6-11(7-9-17)13(19)16-4/h11H,5-10H2,1-4H3,(H,16,19). The van der Waals surface area contributed by atoms with E-state index in [1.165, 1.54) is 0 Å². The van der Waals surface area contributed by atoms with Crippen LogP contribution in [0, 0.1) is 11.3 Å². The molecule has 0 aromatic heterocycles. The number of nitrogens with zero attached hydrogens (tertiary/aromatic N) is 1. The van der Waals surface area contributed by atoms with Gasteiger partial charge in [-0.25, -0.2) is 0 Å². The fraction of sp³-hybridized carbons (Fsp3) is 0.800. The van der Waals surface area contributed by atoms with E-state index in [0.29, 0.717) is 13.1 Å². The average Bonchev–Trinajstić information content (AvgIpc) is 2.47. The van der Waals surface area contributed by atoms with Gasteiger partial charge in [0.1, 0.15) is 5.41 Å². The number of ether oxygens (including phenoxy) is 1. The number of carbonyl (C=O) groups excluding carboxylic acids is 3. The van der Waals surface area contributed by atoms with Gasteiger partial charge in [-0.05, 0) is 46.7 Å². The molecule has 6 nitrogen and oxygen atoms in total. The quantitative estimate of drug-likeness (QED) is 0.574. The van der Waals surface area contributed by atoms with E-state index >= 15 is 0 Å². The number of nitrogens with one attached hydrogen (secondary N) is 1. The van der Waals surface area contributed by atoms with Crippen molar-refractivity contribution in [3.8, 4) is 0 Å². The van der Waals surface area contributed by atoms with Crippen LogP contribution in [0.2, 0.25) is 0 Å². The molecule has 0 radical (unpaired) electrons. The monoisotopic (exact) mass is 298 g/mol. The van der Waals surface area contributed by atoms with Crippen molar-refractivity contribution in [1.82, 2.24) is 10.2 Å². The van der Waals surface area contributed by atoms with Crippen LogP contribution < -0.4 is 5.32 Å². The summed E-state index contributed by atoms with van der Waals surface area (Å²) >= 11 is 0. The SMILES string of the molecule is CCOC(=O)C(C)(C)C(=O)CN1CCC(C(=O)NC)CC1. The first-order chi connectivity index (χ1) is 9.82. The predicted octanol–water partition coefficient (Wildman–Crippen LogP) is 0.603. The number of Topliss-reactive ketones (excluding diaryl/α,β-unsaturated/α-hetero) is 1. The summed E-state index contributed by atoms with van der Waals surface area (Å²) in [5.74, 6) is -0.526. The largest absolute Gasteiger partial charge is 0.465 e. The molecule has 0 spiro atoms. The molecule has 0 aliphatic carbocycles. The molecular weight excluding hydrogens is 272 g/mol. The first-order valence-corrected chi connectivity index (χ1v) is 7.47. The molecule has 1 saturated heterocycles. The number of rotatable bonds is 6. The molecule has 1 amide bonds. The summed E-state index contributed by atoms with van der Waals surface area (Å²) in [5.41, 5.74) is -1.12. The molecule has 21 heavy (non-hydrogen) atoms. The summed E-state index contributed by atoms with van der Waals surface area (Å²) in [4.78, 5) is 37.7. The lowest BCUT2D eigenvalue weighted by Crippen LogP contribution is -2.46. The molecule has 1 fully saturated rings. The lowest BCUT2D eigenvalue weighted by atomic mass is 9.87. The highest BCUT2D eigenvalue weighted by Gasteiger charge is 2.38. The number of piperidine rings is 1. The zero-order chi connectivity index (χ0) is 16.0. The van der Waals surface area contributed by atoms with E-state index in [4.69, 9.17) is 4.74 Å². The third kappa shape index (κ3) is 4.52. The van der Waals surface area contributed by atoms with Crippen molar-refractivity contribution in [2.45, 2.75) is 33.6 Å². The minimum absolute atomic E-state index is 0.0272. The number of hydrogen-bond donors (Lipinski definition) is 1. The fourth-order valence-corrected chi connectivity index (χ4v) is 2.38. The van der Waals surface area contributed by atoms with Crippen molar-refractivity contribution in [1.29, 1.82) is 0 Å². The van der Waals surface area contributed by atoms with E-state index in [2.05, 4.69) is 5.32 Å². The zero-order valence-corrected chi connectivity index (χ0v) is 13.4. The molecule has 1 rings (SSSR count). The summed E-state index contributed by atoms with van der Waals surface area (Å²) in [6.07, 6.45) is 1.49. The van der Waals surface area contributed by atoms with Crippen LogP contribution in [0.25, 0.3) is 0 Å². The molecule has 0 atom stereocenters. The Balaban J connectivity index is 2.50. The van der Waals surface area contributed by atoms with Crippen LogP contribution in [0.15, 0.2) is 0 Å². The van der Waals surface area contributed by atoms with Crippen molar-refractivity contribution >= 4 is 17.7 Å². The highest BCUT2D eigenvalue weighted by atomic mass is 16.5. The van der Waals surface area contributed by atoms with Crippen LogP contribution in [-0.2, 0) is 19.1 Å². The molecular formula is C15H26N2O4. The Bertz CT molecular complexity index is 398. The highest BCUT2D eigenvalue weighted by Crippen LogP contribution is 2.22. The Hall–Kier alpha value is -1.43. The van der Waals surface area contributed by atoms with Gasteiger partial charge >= 0.3 is 5.97 Å². The Morgan fingerprint density at radius 3 is 2.29 bits per heavy atom. The van der Waals surface area contributed by atoms with E-state index in [-0.39, 0.29) is 30.8 Å². The Morgan fingerprint density at radius 1 is 1.24 bits per heavy atom. The van der Waals surface area contributed by atoms with Gasteiger partial charge in [0.05, 0.1) is 13.2 Å². The summed E-state index contributed by atoms with van der Waals surface area (Å²) in [6.45, 7) is 6.82. The maximum absolute atomic E-state index is 12.3. The van der Waals surface area contributed by atoms with Gasteiger partial charge < -0.3 is 10.1 Å². The van der Waals surface area contributed by atoms with Crippen molar-refractivity contribution < 1.29 is 19.1 Å². The number of ketones is 1. The van der Waals surface area contributed by atoms with Gasteiger partial charge in [0.2, 0.25) is 5.91 Å². The predicted molar refractivity (Wildman–Crippen MR) is 78.7 cm³/mol. The minimum Gasteiger partial charge on any atom is -0.465 e. The first kappa shape index (κ1) is 17.6. The molecule has 0 bridgehead atoms. The van der Waals surface area contributed by atoms with Crippen molar-refractivity contribution in [2.24, 2.45) is 11.3 Å². The van der Waals surface area contributed by atoms with Gasteiger partial charge in [0, 0.05) is 13.0 Å². The lowest BCUT2D eigenvalue weighted by Gasteiger charge is -2.32. The Morgan fingerprint density at radius 2 is 1.81 bits per heavy atom. The number of likely N-dealkylation sites (tertiary alicyclic amines) is 1. The smallest absolute Gasteiger partial charge is 0.319 e. The van der Waals surface area contributed by atoms with Gasteiger partial charge in [0.25, 0.3) is 0 Å². The van der Waals surface area contributed by atoms with Crippen LogP contribution in [0.4, 0.5) is 0 Å². The maximum Gasteiger partial charge on any atom is 0.319 e. The molecule has 0 saturated carbocycles. The number of hydrogen-bond acceptors (Lipinski definition) is 5. The van der Waals surface area contributed by atoms with Gasteiger partial charge in [0.15, 0.2) is 5.78 Å². The Labute approximate surface area is 126 Å². The lowest BCUT2D eigenvalue weighted by molar-refractivity contribution is -0.158. The van der Waals surface area contributed by atoms with Crippen molar-refractivity contribution in [2.75, 3.05) is 33.3 Å². The third-order valence-electron chi connectivity index (χ3n) is 4.05. The van der Waals surface area contributed by atoms with E-state index in [9.17, 15) is 14.4 Å². The highest BCUT2D eigenvalue weighted by molar-refractivity contribution is 6.03. The second kappa shape index (κ2) is 7.54. The van der Waals surface area contributed by atoms with E-state index < -0.39 is 11.4 Å². The molecule has 0 aromatic rings. The summed E-state index contributed by atoms with van der Waals surface area (Å²) < 4.78 is 4.95. The van der Waals surface area contributed by atoms with Crippen LogP contribution >= 0.6 is 0 Å². The van der Waals surface area contributed by atoms with Crippen LogP contribution in [0.5, 0.6) is 0 Å². The molecule has 1 N–H and O–H groups in total. The average molecular weight is 298 g/mol.